The van der Waals surface area contributed by atoms with Gasteiger partial charge in [-0.2, -0.15) is 0 Å². The van der Waals surface area contributed by atoms with Crippen LogP contribution in [0.4, 0.5) is 5.69 Å². The van der Waals surface area contributed by atoms with Gasteiger partial charge in [0.1, 0.15) is 0 Å². The fourth-order valence-corrected chi connectivity index (χ4v) is 1.96. The Bertz CT molecular complexity index is 465. The van der Waals surface area contributed by atoms with Gasteiger partial charge in [0, 0.05) is 7.11 Å². The second kappa shape index (κ2) is 7.55. The Balaban J connectivity index is 2.96. The van der Waals surface area contributed by atoms with E-state index in [-0.39, 0.29) is 6.04 Å². The highest BCUT2D eigenvalue weighted by Crippen LogP contribution is 2.32. The van der Waals surface area contributed by atoms with Crippen LogP contribution in [0.15, 0.2) is 17.1 Å². The minimum atomic E-state index is -0.0501. The van der Waals surface area contributed by atoms with Crippen LogP contribution in [0.25, 0.3) is 0 Å². The van der Waals surface area contributed by atoms with Crippen molar-refractivity contribution in [3.8, 4) is 0 Å². The van der Waals surface area contributed by atoms with E-state index in [1.165, 1.54) is 0 Å². The lowest BCUT2D eigenvalue weighted by molar-refractivity contribution is 0.185. The van der Waals surface area contributed by atoms with Gasteiger partial charge >= 0.3 is 0 Å². The van der Waals surface area contributed by atoms with Crippen molar-refractivity contribution >= 4 is 34.8 Å². The van der Waals surface area contributed by atoms with Gasteiger partial charge in [-0.15, -0.1) is 0 Å². The molecule has 0 aromatic heterocycles. The maximum absolute atomic E-state index is 6.20. The minimum Gasteiger partial charge on any atom is -0.382 e. The second-order valence-electron chi connectivity index (χ2n) is 4.10. The zero-order valence-corrected chi connectivity index (χ0v) is 12.6. The third kappa shape index (κ3) is 4.54. The molecule has 0 aliphatic rings. The van der Waals surface area contributed by atoms with Crippen LogP contribution < -0.4 is 16.6 Å². The number of ether oxygens (including phenoxy) is 1. The summed E-state index contributed by atoms with van der Waals surface area (Å²) >= 11 is 12.3. The first kappa shape index (κ1) is 16.0. The van der Waals surface area contributed by atoms with Crippen LogP contribution >= 0.6 is 23.2 Å². The number of hydrogen-bond donors (Lipinski definition) is 3. The fourth-order valence-electron chi connectivity index (χ4n) is 1.49. The fraction of sp³-hybridized carbons (Fsp3) is 0.417. The van der Waals surface area contributed by atoms with Gasteiger partial charge in [0.25, 0.3) is 0 Å². The Labute approximate surface area is 123 Å². The Morgan fingerprint density at radius 2 is 2.16 bits per heavy atom. The van der Waals surface area contributed by atoms with E-state index in [9.17, 15) is 0 Å². The Kier molecular flexibility index (Phi) is 6.37. The van der Waals surface area contributed by atoms with Gasteiger partial charge < -0.3 is 10.1 Å². The second-order valence-corrected chi connectivity index (χ2v) is 4.89. The SMILES string of the molecule is COCC(C)N=C(NN)Nc1c(Cl)ccc(C)c1Cl. The van der Waals surface area contributed by atoms with E-state index in [4.69, 9.17) is 33.8 Å². The Morgan fingerprint density at radius 3 is 2.74 bits per heavy atom. The molecule has 1 aromatic carbocycles. The molecular weight excluding hydrogens is 287 g/mol. The summed E-state index contributed by atoms with van der Waals surface area (Å²) in [5.74, 6) is 5.81. The zero-order chi connectivity index (χ0) is 14.4. The number of methoxy groups -OCH3 is 1. The van der Waals surface area contributed by atoms with Gasteiger partial charge in [0.05, 0.1) is 28.4 Å². The standard InChI is InChI=1S/C12H18Cl2N4O/c1-7-4-5-9(13)11(10(7)14)17-12(18-15)16-8(2)6-19-3/h4-5,8H,6,15H2,1-3H3,(H2,16,17,18). The molecule has 7 heteroatoms. The molecule has 0 spiro atoms. The number of rotatable bonds is 4. The number of anilines is 1. The van der Waals surface area contributed by atoms with Crippen molar-refractivity contribution in [2.45, 2.75) is 19.9 Å². The predicted molar refractivity (Wildman–Crippen MR) is 80.9 cm³/mol. The van der Waals surface area contributed by atoms with Crippen LogP contribution in [0, 0.1) is 6.92 Å². The Hall–Kier alpha value is -1.01. The maximum atomic E-state index is 6.20. The average Bonchev–Trinajstić information content (AvgIpc) is 2.38. The molecule has 0 aliphatic heterocycles. The molecule has 4 N–H and O–H groups in total. The van der Waals surface area contributed by atoms with E-state index in [0.717, 1.165) is 5.56 Å². The number of halogens is 2. The van der Waals surface area contributed by atoms with Gasteiger partial charge in [0.15, 0.2) is 0 Å². The monoisotopic (exact) mass is 304 g/mol. The molecule has 0 saturated carbocycles. The highest BCUT2D eigenvalue weighted by Gasteiger charge is 2.11. The van der Waals surface area contributed by atoms with Crippen LogP contribution in [0.5, 0.6) is 0 Å². The van der Waals surface area contributed by atoms with Crippen LogP contribution in [-0.4, -0.2) is 25.7 Å². The lowest BCUT2D eigenvalue weighted by Crippen LogP contribution is -2.37. The summed E-state index contributed by atoms with van der Waals surface area (Å²) in [4.78, 5) is 4.32. The molecular formula is C12H18Cl2N4O. The third-order valence-corrected chi connectivity index (χ3v) is 3.22. The van der Waals surface area contributed by atoms with Crippen molar-refractivity contribution in [3.05, 3.63) is 27.7 Å². The molecule has 5 nitrogen and oxygen atoms in total. The largest absolute Gasteiger partial charge is 0.382 e. The molecule has 1 rings (SSSR count). The molecule has 106 valence electrons. The molecule has 0 radical (unpaired) electrons. The van der Waals surface area contributed by atoms with Crippen molar-refractivity contribution in [3.63, 3.8) is 0 Å². The molecule has 0 fully saturated rings. The molecule has 1 atom stereocenters. The van der Waals surface area contributed by atoms with Crippen LogP contribution in [0.1, 0.15) is 12.5 Å². The van der Waals surface area contributed by atoms with Crippen LogP contribution in [0.3, 0.4) is 0 Å². The van der Waals surface area contributed by atoms with Gasteiger partial charge in [-0.1, -0.05) is 29.3 Å². The lowest BCUT2D eigenvalue weighted by atomic mass is 10.2. The quantitative estimate of drug-likeness (QED) is 0.346. The van der Waals surface area contributed by atoms with Gasteiger partial charge in [0.2, 0.25) is 5.96 Å². The summed E-state index contributed by atoms with van der Waals surface area (Å²) < 4.78 is 5.01. The molecule has 0 bridgehead atoms. The molecule has 1 unspecified atom stereocenters. The predicted octanol–water partition coefficient (Wildman–Crippen LogP) is 2.57. The van der Waals surface area contributed by atoms with E-state index in [2.05, 4.69) is 15.7 Å². The van der Waals surface area contributed by atoms with Crippen molar-refractivity contribution in [1.29, 1.82) is 0 Å². The van der Waals surface area contributed by atoms with Crippen molar-refractivity contribution in [2.24, 2.45) is 10.8 Å². The first-order valence-electron chi connectivity index (χ1n) is 5.74. The normalized spacial score (nSPS) is 13.3. The van der Waals surface area contributed by atoms with Crippen LogP contribution in [0.2, 0.25) is 10.0 Å². The maximum Gasteiger partial charge on any atom is 0.210 e. The third-order valence-electron chi connectivity index (χ3n) is 2.42. The molecule has 0 aliphatic carbocycles. The number of guanidine groups is 1. The van der Waals surface area contributed by atoms with Crippen molar-refractivity contribution < 1.29 is 4.74 Å². The van der Waals surface area contributed by atoms with Crippen molar-refractivity contribution in [2.75, 3.05) is 19.0 Å². The van der Waals surface area contributed by atoms with E-state index in [1.54, 1.807) is 13.2 Å². The number of nitrogens with two attached hydrogens (primary N) is 1. The van der Waals surface area contributed by atoms with Gasteiger partial charge in [-0.25, -0.2) is 10.8 Å². The van der Waals surface area contributed by atoms with Gasteiger partial charge in [-0.3, -0.25) is 5.43 Å². The summed E-state index contributed by atoms with van der Waals surface area (Å²) in [5, 5.41) is 4.02. The molecule has 1 aromatic rings. The lowest BCUT2D eigenvalue weighted by Gasteiger charge is -2.15. The first-order valence-corrected chi connectivity index (χ1v) is 6.50. The average molecular weight is 305 g/mol. The van der Waals surface area contributed by atoms with E-state index in [0.29, 0.717) is 28.3 Å². The highest BCUT2D eigenvalue weighted by atomic mass is 35.5. The molecule has 0 saturated heterocycles. The summed E-state index contributed by atoms with van der Waals surface area (Å²) in [5.41, 5.74) is 3.97. The van der Waals surface area contributed by atoms with E-state index >= 15 is 0 Å². The van der Waals surface area contributed by atoms with E-state index < -0.39 is 0 Å². The van der Waals surface area contributed by atoms with Crippen molar-refractivity contribution in [1.82, 2.24) is 5.43 Å². The Morgan fingerprint density at radius 1 is 1.47 bits per heavy atom. The number of benzene rings is 1. The summed E-state index contributed by atoms with van der Waals surface area (Å²) in [6.07, 6.45) is 0. The van der Waals surface area contributed by atoms with E-state index in [1.807, 2.05) is 19.9 Å². The first-order chi connectivity index (χ1) is 8.99. The number of hydrazine groups is 1. The summed E-state index contributed by atoms with van der Waals surface area (Å²) in [6.45, 7) is 4.29. The summed E-state index contributed by atoms with van der Waals surface area (Å²) in [7, 11) is 1.61. The minimum absolute atomic E-state index is 0.0501. The van der Waals surface area contributed by atoms with Gasteiger partial charge in [-0.05, 0) is 25.5 Å². The summed E-state index contributed by atoms with van der Waals surface area (Å²) in [6, 6.07) is 3.55. The topological polar surface area (TPSA) is 71.7 Å². The molecule has 0 amide bonds. The zero-order valence-electron chi connectivity index (χ0n) is 11.1. The van der Waals surface area contributed by atoms with Crippen LogP contribution in [-0.2, 0) is 4.74 Å². The number of nitrogens with zero attached hydrogens (tertiary/aromatic N) is 1. The number of aryl methyl sites for hydroxylation is 1. The number of aliphatic imine (C=N–C) groups is 1. The number of nitrogens with one attached hydrogen (secondary N) is 2. The smallest absolute Gasteiger partial charge is 0.210 e. The highest BCUT2D eigenvalue weighted by molar-refractivity contribution is 6.40. The molecule has 0 heterocycles. The number of hydrogen-bond acceptors (Lipinski definition) is 3. The molecule has 19 heavy (non-hydrogen) atoms.